The molecule has 0 saturated carbocycles. The van der Waals surface area contributed by atoms with Crippen LogP contribution in [0.3, 0.4) is 0 Å². The van der Waals surface area contributed by atoms with Crippen LogP contribution < -0.4 is 0 Å². The molecule has 0 spiro atoms. The highest BCUT2D eigenvalue weighted by molar-refractivity contribution is 8.12. The normalized spacial score (nSPS) is 28.8. The number of hydrogen-bond donors (Lipinski definition) is 0. The first kappa shape index (κ1) is 10.8. The molecule has 0 unspecified atom stereocenters. The molecule has 1 aliphatic heterocycles. The van der Waals surface area contributed by atoms with Gasteiger partial charge in [-0.15, -0.1) is 0 Å². The Morgan fingerprint density at radius 1 is 1.54 bits per heavy atom. The van der Waals surface area contributed by atoms with Crippen LogP contribution in [-0.4, -0.2) is 24.7 Å². The van der Waals surface area contributed by atoms with Gasteiger partial charge in [0.1, 0.15) is 0 Å². The van der Waals surface area contributed by atoms with Crippen LogP contribution >= 0.6 is 10.7 Å². The van der Waals surface area contributed by atoms with Gasteiger partial charge in [0.25, 0.3) is 0 Å². The van der Waals surface area contributed by atoms with Gasteiger partial charge in [0.05, 0.1) is 12.0 Å². The summed E-state index contributed by atoms with van der Waals surface area (Å²) < 4.78 is 22.5. The van der Waals surface area contributed by atoms with Crippen molar-refractivity contribution < 1.29 is 13.2 Å². The number of carbonyl (C=O) groups excluding carboxylic acids is 1. The van der Waals surface area contributed by atoms with E-state index in [4.69, 9.17) is 10.7 Å². The summed E-state index contributed by atoms with van der Waals surface area (Å²) in [5.74, 6) is -0.539. The van der Waals surface area contributed by atoms with Crippen LogP contribution in [0.15, 0.2) is 0 Å². The monoisotopic (exact) mass is 225 g/mol. The minimum atomic E-state index is -3.86. The lowest BCUT2D eigenvalue weighted by Gasteiger charge is -2.42. The molecular formula is C7H12ClNO3S. The number of nitrogens with zero attached hydrogens (tertiary/aromatic N) is 1. The molecule has 2 atom stereocenters. The summed E-state index contributed by atoms with van der Waals surface area (Å²) in [5.41, 5.74) is 0. The van der Waals surface area contributed by atoms with E-state index < -0.39 is 9.24 Å². The van der Waals surface area contributed by atoms with Gasteiger partial charge in [-0.25, -0.2) is 4.31 Å². The summed E-state index contributed by atoms with van der Waals surface area (Å²) in [6.07, 6.45) is 1.60. The second kappa shape index (κ2) is 3.46. The molecule has 76 valence electrons. The largest absolute Gasteiger partial charge is 0.324 e. The molecule has 6 heteroatoms. The Morgan fingerprint density at radius 3 is 2.38 bits per heavy atom. The van der Waals surface area contributed by atoms with Gasteiger partial charge in [-0.3, -0.25) is 4.79 Å². The number of halogens is 1. The van der Waals surface area contributed by atoms with E-state index in [9.17, 15) is 13.2 Å². The summed E-state index contributed by atoms with van der Waals surface area (Å²) >= 11 is 0. The third-order valence-corrected chi connectivity index (χ3v) is 3.75. The number of hydrogen-bond acceptors (Lipinski definition) is 3. The molecule has 1 aliphatic rings. The highest BCUT2D eigenvalue weighted by atomic mass is 35.7. The van der Waals surface area contributed by atoms with Gasteiger partial charge in [-0.1, -0.05) is 13.3 Å². The van der Waals surface area contributed by atoms with Crippen molar-refractivity contribution in [1.82, 2.24) is 4.31 Å². The molecule has 1 fully saturated rings. The second-order valence-corrected chi connectivity index (χ2v) is 5.60. The number of rotatable bonds is 3. The van der Waals surface area contributed by atoms with E-state index in [2.05, 4.69) is 0 Å². The second-order valence-electron chi connectivity index (χ2n) is 3.21. The van der Waals surface area contributed by atoms with Crippen molar-refractivity contribution in [3.63, 3.8) is 0 Å². The maximum atomic E-state index is 11.3. The summed E-state index contributed by atoms with van der Waals surface area (Å²) in [6.45, 7) is 3.65. The van der Waals surface area contributed by atoms with Gasteiger partial charge in [0.15, 0.2) is 0 Å². The van der Waals surface area contributed by atoms with Crippen LogP contribution in [-0.2, 0) is 14.0 Å². The Morgan fingerprint density at radius 2 is 2.08 bits per heavy atom. The molecule has 0 aromatic rings. The van der Waals surface area contributed by atoms with E-state index in [0.717, 1.165) is 17.1 Å². The molecule has 1 heterocycles. The van der Waals surface area contributed by atoms with Crippen LogP contribution in [0, 0.1) is 5.92 Å². The number of β-lactam (4-membered cyclic amide) rings is 1. The Kier molecular flexibility index (Phi) is 2.87. The quantitative estimate of drug-likeness (QED) is 0.534. The van der Waals surface area contributed by atoms with Crippen LogP contribution in [0.25, 0.3) is 0 Å². The van der Waals surface area contributed by atoms with E-state index >= 15 is 0 Å². The SMILES string of the molecule is CCC[C@H]1C(=O)N(S(=O)(=O)Cl)[C@H]1C. The summed E-state index contributed by atoms with van der Waals surface area (Å²) in [4.78, 5) is 11.3. The fourth-order valence-corrected chi connectivity index (χ4v) is 3.11. The predicted octanol–water partition coefficient (Wildman–Crippen LogP) is 1.12. The molecule has 0 radical (unpaired) electrons. The first-order valence-electron chi connectivity index (χ1n) is 4.17. The van der Waals surface area contributed by atoms with Crippen LogP contribution in [0.5, 0.6) is 0 Å². The van der Waals surface area contributed by atoms with Crippen molar-refractivity contribution in [2.75, 3.05) is 0 Å². The average molecular weight is 226 g/mol. The van der Waals surface area contributed by atoms with Gasteiger partial charge >= 0.3 is 9.24 Å². The standard InChI is InChI=1S/C7H12ClNO3S/c1-3-4-6-5(2)9(7(6)10)13(8,11)12/h5-6H,3-4H2,1-2H3/t5-,6+/m0/s1. The molecule has 0 aliphatic carbocycles. The summed E-state index contributed by atoms with van der Waals surface area (Å²) in [7, 11) is 1.21. The van der Waals surface area contributed by atoms with Gasteiger partial charge in [0, 0.05) is 10.7 Å². The Bertz CT molecular complexity index is 314. The molecule has 0 N–H and O–H groups in total. The predicted molar refractivity (Wildman–Crippen MR) is 49.5 cm³/mol. The topological polar surface area (TPSA) is 54.5 Å². The third-order valence-electron chi connectivity index (χ3n) is 2.32. The molecule has 13 heavy (non-hydrogen) atoms. The molecule has 0 bridgehead atoms. The van der Waals surface area contributed by atoms with Gasteiger partial charge < -0.3 is 0 Å². The van der Waals surface area contributed by atoms with Crippen molar-refractivity contribution in [2.45, 2.75) is 32.7 Å². The zero-order valence-corrected chi connectivity index (χ0v) is 9.10. The van der Waals surface area contributed by atoms with Crippen LogP contribution in [0.4, 0.5) is 0 Å². The molecular weight excluding hydrogens is 214 g/mol. The first-order chi connectivity index (χ1) is 5.89. The molecule has 0 aromatic carbocycles. The van der Waals surface area contributed by atoms with Gasteiger partial charge in [-0.05, 0) is 13.3 Å². The zero-order valence-electron chi connectivity index (χ0n) is 7.53. The lowest BCUT2D eigenvalue weighted by atomic mass is 9.88. The molecule has 1 rings (SSSR count). The number of amides is 1. The number of carbonyl (C=O) groups is 1. The highest BCUT2D eigenvalue weighted by Crippen LogP contribution is 2.33. The molecule has 1 saturated heterocycles. The van der Waals surface area contributed by atoms with E-state index in [0.29, 0.717) is 0 Å². The highest BCUT2D eigenvalue weighted by Gasteiger charge is 2.49. The average Bonchev–Trinajstić information content (AvgIpc) is 1.98. The summed E-state index contributed by atoms with van der Waals surface area (Å²) in [5, 5.41) is 0. The van der Waals surface area contributed by atoms with Crippen LogP contribution in [0.1, 0.15) is 26.7 Å². The maximum Gasteiger partial charge on any atom is 0.324 e. The molecule has 4 nitrogen and oxygen atoms in total. The Labute approximate surface area is 82.4 Å². The van der Waals surface area contributed by atoms with Crippen LogP contribution in [0.2, 0.25) is 0 Å². The third kappa shape index (κ3) is 1.81. The Balaban J connectivity index is 2.73. The van der Waals surface area contributed by atoms with Crippen molar-refractivity contribution in [2.24, 2.45) is 5.92 Å². The van der Waals surface area contributed by atoms with Crippen molar-refractivity contribution in [3.8, 4) is 0 Å². The summed E-state index contributed by atoms with van der Waals surface area (Å²) in [6, 6.07) is -0.282. The maximum absolute atomic E-state index is 11.3. The first-order valence-corrected chi connectivity index (χ1v) is 6.44. The molecule has 0 aromatic heterocycles. The smallest absolute Gasteiger partial charge is 0.273 e. The van der Waals surface area contributed by atoms with E-state index in [1.165, 1.54) is 0 Å². The fraction of sp³-hybridized carbons (Fsp3) is 0.857. The fourth-order valence-electron chi connectivity index (χ4n) is 1.63. The zero-order chi connectivity index (χ0) is 10.2. The minimum absolute atomic E-state index is 0.168. The van der Waals surface area contributed by atoms with Crippen molar-refractivity contribution in [3.05, 3.63) is 0 Å². The minimum Gasteiger partial charge on any atom is -0.273 e. The lowest BCUT2D eigenvalue weighted by Crippen LogP contribution is -2.60. The van der Waals surface area contributed by atoms with Crippen molar-refractivity contribution >= 4 is 25.8 Å². The Hall–Kier alpha value is -0.290. The van der Waals surface area contributed by atoms with Crippen molar-refractivity contribution in [1.29, 1.82) is 0 Å². The lowest BCUT2D eigenvalue weighted by molar-refractivity contribution is -0.145. The molecule has 1 amide bonds. The van der Waals surface area contributed by atoms with E-state index in [1.54, 1.807) is 6.92 Å². The van der Waals surface area contributed by atoms with E-state index in [1.807, 2.05) is 6.92 Å². The van der Waals surface area contributed by atoms with Gasteiger partial charge in [-0.2, -0.15) is 8.42 Å². The van der Waals surface area contributed by atoms with Gasteiger partial charge in [0.2, 0.25) is 5.91 Å². The van der Waals surface area contributed by atoms with E-state index in [-0.39, 0.29) is 17.9 Å².